The molecule has 0 aliphatic rings. The van der Waals surface area contributed by atoms with E-state index in [0.29, 0.717) is 5.95 Å². The monoisotopic (exact) mass is 180 g/mol. The van der Waals surface area contributed by atoms with Gasteiger partial charge in [-0.15, -0.1) is 0 Å². The number of allylic oxidation sites excluding steroid dienone is 1. The van der Waals surface area contributed by atoms with Crippen LogP contribution in [0.25, 0.3) is 6.08 Å². The van der Waals surface area contributed by atoms with E-state index in [1.54, 1.807) is 7.11 Å². The van der Waals surface area contributed by atoms with Gasteiger partial charge in [-0.05, 0) is 17.6 Å². The molecule has 0 aliphatic carbocycles. The van der Waals surface area contributed by atoms with Crippen LogP contribution in [0, 0.1) is 5.41 Å². The molecule has 0 saturated carbocycles. The van der Waals surface area contributed by atoms with E-state index in [1.807, 2.05) is 18.2 Å². The largest absolute Gasteiger partial charge is 0.468 e. The lowest BCUT2D eigenvalue weighted by atomic mass is 9.96. The molecule has 0 bridgehead atoms. The summed E-state index contributed by atoms with van der Waals surface area (Å²) >= 11 is 0. The lowest BCUT2D eigenvalue weighted by molar-refractivity contribution is 0.303. The lowest BCUT2D eigenvalue weighted by Crippen LogP contribution is -1.97. The van der Waals surface area contributed by atoms with Gasteiger partial charge in [-0.2, -0.15) is 0 Å². The molecule has 0 fully saturated rings. The fraction of sp³-hybridized carbons (Fsp3) is 0.455. The van der Waals surface area contributed by atoms with Crippen molar-refractivity contribution in [3.05, 3.63) is 24.0 Å². The fourth-order valence-electron chi connectivity index (χ4n) is 0.866. The molecular weight excluding hydrogens is 164 g/mol. The van der Waals surface area contributed by atoms with Crippen LogP contribution in [0.3, 0.4) is 0 Å². The van der Waals surface area contributed by atoms with Crippen molar-refractivity contribution in [1.82, 2.24) is 0 Å². The number of hydrogen-bond donors (Lipinski definition) is 0. The third-order valence-electron chi connectivity index (χ3n) is 1.55. The Morgan fingerprint density at radius 1 is 1.31 bits per heavy atom. The van der Waals surface area contributed by atoms with Gasteiger partial charge in [-0.1, -0.05) is 26.8 Å². The molecule has 0 radical (unpaired) electrons. The van der Waals surface area contributed by atoms with Crippen LogP contribution in [0.15, 0.2) is 22.6 Å². The summed E-state index contributed by atoms with van der Waals surface area (Å²) < 4.78 is 10.2. The predicted molar refractivity (Wildman–Crippen MR) is 53.7 cm³/mol. The normalized spacial score (nSPS) is 12.3. The van der Waals surface area contributed by atoms with Crippen LogP contribution >= 0.6 is 0 Å². The Balaban J connectivity index is 2.69. The summed E-state index contributed by atoms with van der Waals surface area (Å²) in [5.74, 6) is 1.38. The van der Waals surface area contributed by atoms with Gasteiger partial charge in [0.25, 0.3) is 5.95 Å². The first kappa shape index (κ1) is 9.90. The van der Waals surface area contributed by atoms with Gasteiger partial charge in [-0.25, -0.2) is 0 Å². The number of rotatable bonds is 2. The molecule has 1 aromatic rings. The molecule has 0 saturated heterocycles. The van der Waals surface area contributed by atoms with Crippen molar-refractivity contribution in [3.63, 3.8) is 0 Å². The summed E-state index contributed by atoms with van der Waals surface area (Å²) in [5, 5.41) is 0. The minimum absolute atomic E-state index is 0.181. The Kier molecular flexibility index (Phi) is 2.81. The van der Waals surface area contributed by atoms with Crippen LogP contribution in [0.4, 0.5) is 0 Å². The molecule has 0 amide bonds. The maximum atomic E-state index is 5.32. The Morgan fingerprint density at radius 2 is 2.00 bits per heavy atom. The van der Waals surface area contributed by atoms with E-state index in [4.69, 9.17) is 9.15 Å². The van der Waals surface area contributed by atoms with Crippen LogP contribution in [-0.4, -0.2) is 7.11 Å². The molecule has 0 unspecified atom stereocenters. The summed E-state index contributed by atoms with van der Waals surface area (Å²) in [6, 6.07) is 3.70. The van der Waals surface area contributed by atoms with Crippen molar-refractivity contribution >= 4 is 6.08 Å². The van der Waals surface area contributed by atoms with Crippen molar-refractivity contribution in [2.45, 2.75) is 20.8 Å². The van der Waals surface area contributed by atoms with Crippen molar-refractivity contribution in [2.24, 2.45) is 5.41 Å². The zero-order valence-electron chi connectivity index (χ0n) is 8.63. The highest BCUT2D eigenvalue weighted by Crippen LogP contribution is 2.20. The van der Waals surface area contributed by atoms with Gasteiger partial charge in [0.15, 0.2) is 0 Å². The van der Waals surface area contributed by atoms with Crippen molar-refractivity contribution in [3.8, 4) is 5.95 Å². The first-order valence-corrected chi connectivity index (χ1v) is 4.34. The van der Waals surface area contributed by atoms with Crippen LogP contribution in [0.5, 0.6) is 5.95 Å². The van der Waals surface area contributed by atoms with Crippen LogP contribution in [0.1, 0.15) is 26.5 Å². The average Bonchev–Trinajstić information content (AvgIpc) is 2.47. The molecule has 0 spiro atoms. The molecule has 0 N–H and O–H groups in total. The third-order valence-corrected chi connectivity index (χ3v) is 1.55. The number of hydrogen-bond acceptors (Lipinski definition) is 2. The quantitative estimate of drug-likeness (QED) is 0.696. The second-order valence-corrected chi connectivity index (χ2v) is 4.06. The maximum absolute atomic E-state index is 5.32. The molecule has 13 heavy (non-hydrogen) atoms. The molecule has 0 atom stereocenters. The van der Waals surface area contributed by atoms with E-state index in [0.717, 1.165) is 5.76 Å². The summed E-state index contributed by atoms with van der Waals surface area (Å²) in [7, 11) is 1.59. The minimum Gasteiger partial charge on any atom is -0.468 e. The van der Waals surface area contributed by atoms with Gasteiger partial charge < -0.3 is 9.15 Å². The minimum atomic E-state index is 0.181. The first-order valence-electron chi connectivity index (χ1n) is 4.34. The molecule has 0 aliphatic heterocycles. The maximum Gasteiger partial charge on any atom is 0.284 e. The molecule has 72 valence electrons. The van der Waals surface area contributed by atoms with E-state index < -0.39 is 0 Å². The average molecular weight is 180 g/mol. The Bertz CT molecular complexity index is 289. The second-order valence-electron chi connectivity index (χ2n) is 4.06. The predicted octanol–water partition coefficient (Wildman–Crippen LogP) is 3.35. The van der Waals surface area contributed by atoms with Gasteiger partial charge >= 0.3 is 0 Å². The number of furan rings is 1. The summed E-state index contributed by atoms with van der Waals surface area (Å²) in [6.45, 7) is 6.43. The Hall–Kier alpha value is -1.18. The lowest BCUT2D eigenvalue weighted by Gasteiger charge is -2.10. The standard InChI is InChI=1S/C11H16O2/c1-11(2,3)8-7-9-5-6-10(12-4)13-9/h5-8H,1-4H3/b8-7+. The zero-order chi connectivity index (χ0) is 9.90. The molecular formula is C11H16O2. The van der Waals surface area contributed by atoms with Crippen LogP contribution in [0.2, 0.25) is 0 Å². The first-order chi connectivity index (χ1) is 6.01. The molecule has 1 aromatic heterocycles. The van der Waals surface area contributed by atoms with Crippen molar-refractivity contribution in [2.75, 3.05) is 7.11 Å². The van der Waals surface area contributed by atoms with E-state index in [-0.39, 0.29) is 5.41 Å². The molecule has 0 aromatic carbocycles. The molecule has 1 heterocycles. The van der Waals surface area contributed by atoms with Crippen molar-refractivity contribution < 1.29 is 9.15 Å². The topological polar surface area (TPSA) is 22.4 Å². The van der Waals surface area contributed by atoms with Gasteiger partial charge in [0.05, 0.1) is 7.11 Å². The highest BCUT2D eigenvalue weighted by molar-refractivity contribution is 5.44. The Morgan fingerprint density at radius 3 is 2.46 bits per heavy atom. The highest BCUT2D eigenvalue weighted by atomic mass is 16.6. The van der Waals surface area contributed by atoms with E-state index in [9.17, 15) is 0 Å². The van der Waals surface area contributed by atoms with E-state index >= 15 is 0 Å². The van der Waals surface area contributed by atoms with Gasteiger partial charge in [-0.3, -0.25) is 0 Å². The van der Waals surface area contributed by atoms with Crippen LogP contribution < -0.4 is 4.74 Å². The number of ether oxygens (including phenoxy) is 1. The summed E-state index contributed by atoms with van der Waals surface area (Å²) in [5.41, 5.74) is 0.181. The molecule has 1 rings (SSSR count). The summed E-state index contributed by atoms with van der Waals surface area (Å²) in [4.78, 5) is 0. The zero-order valence-corrected chi connectivity index (χ0v) is 8.63. The van der Waals surface area contributed by atoms with Gasteiger partial charge in [0, 0.05) is 6.07 Å². The third kappa shape index (κ3) is 3.36. The van der Waals surface area contributed by atoms with Crippen LogP contribution in [-0.2, 0) is 0 Å². The smallest absolute Gasteiger partial charge is 0.284 e. The molecule has 2 heteroatoms. The number of methoxy groups -OCH3 is 1. The highest BCUT2D eigenvalue weighted by Gasteiger charge is 2.04. The summed E-state index contributed by atoms with van der Waals surface area (Å²) in [6.07, 6.45) is 4.06. The second kappa shape index (κ2) is 3.69. The molecule has 2 nitrogen and oxygen atoms in total. The van der Waals surface area contributed by atoms with E-state index in [2.05, 4.69) is 26.8 Å². The fourth-order valence-corrected chi connectivity index (χ4v) is 0.866. The van der Waals surface area contributed by atoms with Gasteiger partial charge in [0.1, 0.15) is 5.76 Å². The Labute approximate surface area is 79.2 Å². The SMILES string of the molecule is COc1ccc(/C=C/C(C)(C)C)o1. The van der Waals surface area contributed by atoms with Crippen molar-refractivity contribution in [1.29, 1.82) is 0 Å². The van der Waals surface area contributed by atoms with E-state index in [1.165, 1.54) is 0 Å². The van der Waals surface area contributed by atoms with Gasteiger partial charge in [0.2, 0.25) is 0 Å².